The number of unbranched alkanes of at least 4 members (excludes halogenated alkanes) is 1. The van der Waals surface area contributed by atoms with Gasteiger partial charge in [0.2, 0.25) is 5.91 Å². The molecule has 1 aromatic carbocycles. The van der Waals surface area contributed by atoms with E-state index in [0.29, 0.717) is 18.8 Å². The zero-order valence-corrected chi connectivity index (χ0v) is 11.8. The lowest BCUT2D eigenvalue weighted by molar-refractivity contribution is -0.132. The third kappa shape index (κ3) is 5.54. The molecule has 0 aliphatic heterocycles. The number of alkyl halides is 1. The van der Waals surface area contributed by atoms with Crippen molar-refractivity contribution in [2.75, 3.05) is 12.4 Å². The zero-order chi connectivity index (χ0) is 13.2. The molecule has 0 N–H and O–H groups in total. The zero-order valence-electron chi connectivity index (χ0n) is 11.1. The lowest BCUT2D eigenvalue weighted by atomic mass is 10.2. The molecule has 0 unspecified atom stereocenters. The monoisotopic (exact) mass is 267 g/mol. The Labute approximate surface area is 115 Å². The second-order valence-electron chi connectivity index (χ2n) is 4.45. The number of carbonyl (C=O) groups is 1. The van der Waals surface area contributed by atoms with E-state index in [0.717, 1.165) is 25.8 Å². The highest BCUT2D eigenvalue weighted by Crippen LogP contribution is 2.09. The molecule has 0 bridgehead atoms. The first-order valence-corrected chi connectivity index (χ1v) is 7.19. The molecule has 0 radical (unpaired) electrons. The predicted octanol–water partition coefficient (Wildman–Crippen LogP) is 3.83. The standard InChI is InChI=1S/C15H22ClNO/c1-2-12-17(15(18)10-6-7-11-16)13-14-8-4-3-5-9-14/h3-5,8-9H,2,6-7,10-13H2,1H3. The minimum Gasteiger partial charge on any atom is -0.338 e. The highest BCUT2D eigenvalue weighted by Gasteiger charge is 2.12. The van der Waals surface area contributed by atoms with Gasteiger partial charge in [0.15, 0.2) is 0 Å². The highest BCUT2D eigenvalue weighted by atomic mass is 35.5. The third-order valence-electron chi connectivity index (χ3n) is 2.84. The first-order valence-electron chi connectivity index (χ1n) is 6.65. The number of hydrogen-bond donors (Lipinski definition) is 0. The van der Waals surface area contributed by atoms with E-state index in [4.69, 9.17) is 11.6 Å². The van der Waals surface area contributed by atoms with Crippen LogP contribution in [0.4, 0.5) is 0 Å². The predicted molar refractivity (Wildman–Crippen MR) is 76.7 cm³/mol. The lowest BCUT2D eigenvalue weighted by Crippen LogP contribution is -2.31. The van der Waals surface area contributed by atoms with Crippen LogP contribution in [0.5, 0.6) is 0 Å². The summed E-state index contributed by atoms with van der Waals surface area (Å²) in [6, 6.07) is 10.1. The van der Waals surface area contributed by atoms with Crippen molar-refractivity contribution in [3.8, 4) is 0 Å². The summed E-state index contributed by atoms with van der Waals surface area (Å²) in [5, 5.41) is 0. The Morgan fingerprint density at radius 2 is 1.94 bits per heavy atom. The van der Waals surface area contributed by atoms with Crippen LogP contribution in [0.3, 0.4) is 0 Å². The maximum Gasteiger partial charge on any atom is 0.222 e. The molecular formula is C15H22ClNO. The molecule has 0 aliphatic rings. The van der Waals surface area contributed by atoms with Gasteiger partial charge in [-0.1, -0.05) is 37.3 Å². The van der Waals surface area contributed by atoms with Crippen LogP contribution in [-0.2, 0) is 11.3 Å². The van der Waals surface area contributed by atoms with Crippen molar-refractivity contribution in [3.05, 3.63) is 35.9 Å². The summed E-state index contributed by atoms with van der Waals surface area (Å²) < 4.78 is 0. The fourth-order valence-corrected chi connectivity index (χ4v) is 2.08. The van der Waals surface area contributed by atoms with Gasteiger partial charge in [0, 0.05) is 25.4 Å². The van der Waals surface area contributed by atoms with Crippen molar-refractivity contribution in [1.82, 2.24) is 4.90 Å². The molecule has 3 heteroatoms. The van der Waals surface area contributed by atoms with E-state index in [-0.39, 0.29) is 5.91 Å². The van der Waals surface area contributed by atoms with Crippen LogP contribution in [0.15, 0.2) is 30.3 Å². The van der Waals surface area contributed by atoms with Gasteiger partial charge in [0.1, 0.15) is 0 Å². The first kappa shape index (κ1) is 15.0. The number of benzene rings is 1. The largest absolute Gasteiger partial charge is 0.338 e. The van der Waals surface area contributed by atoms with E-state index in [1.807, 2.05) is 23.1 Å². The molecule has 18 heavy (non-hydrogen) atoms. The molecule has 0 spiro atoms. The number of halogens is 1. The average molecular weight is 268 g/mol. The molecule has 0 fully saturated rings. The van der Waals surface area contributed by atoms with Crippen molar-refractivity contribution in [3.63, 3.8) is 0 Å². The summed E-state index contributed by atoms with van der Waals surface area (Å²) in [5.74, 6) is 0.880. The van der Waals surface area contributed by atoms with Gasteiger partial charge in [-0.25, -0.2) is 0 Å². The first-order chi connectivity index (χ1) is 8.77. The summed E-state index contributed by atoms with van der Waals surface area (Å²) in [6.45, 7) is 3.65. The molecule has 0 saturated heterocycles. The minimum absolute atomic E-state index is 0.241. The Morgan fingerprint density at radius 3 is 2.56 bits per heavy atom. The quantitative estimate of drug-likeness (QED) is 0.518. The van der Waals surface area contributed by atoms with Crippen LogP contribution in [0, 0.1) is 0 Å². The normalized spacial score (nSPS) is 10.3. The average Bonchev–Trinajstić information content (AvgIpc) is 2.39. The molecular weight excluding hydrogens is 246 g/mol. The van der Waals surface area contributed by atoms with Crippen molar-refractivity contribution < 1.29 is 4.79 Å². The van der Waals surface area contributed by atoms with Crippen molar-refractivity contribution in [1.29, 1.82) is 0 Å². The van der Waals surface area contributed by atoms with Gasteiger partial charge in [-0.05, 0) is 24.8 Å². The molecule has 0 aromatic heterocycles. The number of hydrogen-bond acceptors (Lipinski definition) is 1. The van der Waals surface area contributed by atoms with Crippen molar-refractivity contribution in [2.24, 2.45) is 0 Å². The number of amides is 1. The summed E-state index contributed by atoms with van der Waals surface area (Å²) >= 11 is 5.63. The van der Waals surface area contributed by atoms with Crippen LogP contribution in [-0.4, -0.2) is 23.2 Å². The van der Waals surface area contributed by atoms with Gasteiger partial charge in [0.05, 0.1) is 0 Å². The Bertz CT molecular complexity index is 340. The van der Waals surface area contributed by atoms with Crippen LogP contribution in [0.25, 0.3) is 0 Å². The molecule has 1 rings (SSSR count). The number of nitrogens with zero attached hydrogens (tertiary/aromatic N) is 1. The maximum absolute atomic E-state index is 12.1. The SMILES string of the molecule is CCCN(Cc1ccccc1)C(=O)CCCCCl. The second kappa shape index (κ2) is 8.98. The number of rotatable bonds is 8. The summed E-state index contributed by atoms with van der Waals surface area (Å²) in [7, 11) is 0. The molecule has 0 heterocycles. The van der Waals surface area contributed by atoms with Gasteiger partial charge in [-0.15, -0.1) is 11.6 Å². The highest BCUT2D eigenvalue weighted by molar-refractivity contribution is 6.17. The summed E-state index contributed by atoms with van der Waals surface area (Å²) in [6.07, 6.45) is 3.41. The van der Waals surface area contributed by atoms with E-state index >= 15 is 0 Å². The van der Waals surface area contributed by atoms with Gasteiger partial charge in [-0.3, -0.25) is 4.79 Å². The van der Waals surface area contributed by atoms with E-state index in [9.17, 15) is 4.79 Å². The maximum atomic E-state index is 12.1. The molecule has 2 nitrogen and oxygen atoms in total. The van der Waals surface area contributed by atoms with Crippen molar-refractivity contribution in [2.45, 2.75) is 39.2 Å². The van der Waals surface area contributed by atoms with Gasteiger partial charge >= 0.3 is 0 Å². The van der Waals surface area contributed by atoms with E-state index < -0.39 is 0 Å². The molecule has 0 atom stereocenters. The Balaban J connectivity index is 2.50. The lowest BCUT2D eigenvalue weighted by Gasteiger charge is -2.22. The Kier molecular flexibility index (Phi) is 7.51. The summed E-state index contributed by atoms with van der Waals surface area (Å²) in [4.78, 5) is 14.0. The van der Waals surface area contributed by atoms with E-state index in [1.165, 1.54) is 5.56 Å². The van der Waals surface area contributed by atoms with Crippen LogP contribution in [0.2, 0.25) is 0 Å². The van der Waals surface area contributed by atoms with Crippen LogP contribution >= 0.6 is 11.6 Å². The van der Waals surface area contributed by atoms with Gasteiger partial charge in [0.25, 0.3) is 0 Å². The fraction of sp³-hybridized carbons (Fsp3) is 0.533. The minimum atomic E-state index is 0.241. The van der Waals surface area contributed by atoms with E-state index in [1.54, 1.807) is 0 Å². The molecule has 0 aliphatic carbocycles. The Morgan fingerprint density at radius 1 is 1.22 bits per heavy atom. The second-order valence-corrected chi connectivity index (χ2v) is 4.82. The molecule has 0 saturated carbocycles. The molecule has 1 aromatic rings. The topological polar surface area (TPSA) is 20.3 Å². The van der Waals surface area contributed by atoms with Gasteiger partial charge < -0.3 is 4.90 Å². The van der Waals surface area contributed by atoms with E-state index in [2.05, 4.69) is 19.1 Å². The summed E-state index contributed by atoms with van der Waals surface area (Å²) in [5.41, 5.74) is 1.19. The Hall–Kier alpha value is -1.02. The van der Waals surface area contributed by atoms with Gasteiger partial charge in [-0.2, -0.15) is 0 Å². The molecule has 1 amide bonds. The van der Waals surface area contributed by atoms with Crippen molar-refractivity contribution >= 4 is 17.5 Å². The van der Waals surface area contributed by atoms with Crippen LogP contribution < -0.4 is 0 Å². The third-order valence-corrected chi connectivity index (χ3v) is 3.10. The smallest absolute Gasteiger partial charge is 0.222 e. The van der Waals surface area contributed by atoms with Crippen LogP contribution in [0.1, 0.15) is 38.2 Å². The fourth-order valence-electron chi connectivity index (χ4n) is 1.89. The number of carbonyl (C=O) groups excluding carboxylic acids is 1. The molecule has 100 valence electrons.